The summed E-state index contributed by atoms with van der Waals surface area (Å²) in [7, 11) is 0. The first-order valence-corrected chi connectivity index (χ1v) is 10.7. The molecular formula is C20H22Cl2N6O. The van der Waals surface area contributed by atoms with Gasteiger partial charge < -0.3 is 9.64 Å². The van der Waals surface area contributed by atoms with Crippen molar-refractivity contribution in [2.45, 2.75) is 18.9 Å². The SMILES string of the molecule is Clc1cc(Cl)cc(-c2nnc3ccc(N4CCN(C5CCOCC5)CC4)nn23)c1. The first-order valence-electron chi connectivity index (χ1n) is 9.93. The summed E-state index contributed by atoms with van der Waals surface area (Å²) in [5.74, 6) is 1.56. The van der Waals surface area contributed by atoms with E-state index in [-0.39, 0.29) is 0 Å². The van der Waals surface area contributed by atoms with Gasteiger partial charge in [-0.2, -0.15) is 4.52 Å². The summed E-state index contributed by atoms with van der Waals surface area (Å²) in [6, 6.07) is 9.97. The molecule has 9 heteroatoms. The number of hydrogen-bond donors (Lipinski definition) is 0. The number of rotatable bonds is 3. The molecule has 0 bridgehead atoms. The monoisotopic (exact) mass is 432 g/mol. The fourth-order valence-corrected chi connectivity index (χ4v) is 4.70. The third kappa shape index (κ3) is 3.92. The van der Waals surface area contributed by atoms with Crippen LogP contribution in [0, 0.1) is 0 Å². The van der Waals surface area contributed by atoms with Gasteiger partial charge in [0.2, 0.25) is 0 Å². The molecule has 2 aromatic heterocycles. The average Bonchev–Trinajstić information content (AvgIpc) is 3.17. The predicted molar refractivity (Wildman–Crippen MR) is 114 cm³/mol. The molecule has 7 nitrogen and oxygen atoms in total. The summed E-state index contributed by atoms with van der Waals surface area (Å²) in [5, 5.41) is 14.5. The quantitative estimate of drug-likeness (QED) is 0.631. The fraction of sp³-hybridized carbons (Fsp3) is 0.450. The van der Waals surface area contributed by atoms with Crippen LogP contribution in [-0.4, -0.2) is 70.1 Å². The second-order valence-electron chi connectivity index (χ2n) is 7.51. The number of fused-ring (bicyclic) bond motifs is 1. The van der Waals surface area contributed by atoms with Crippen LogP contribution in [0.1, 0.15) is 12.8 Å². The van der Waals surface area contributed by atoms with Gasteiger partial charge in [0.05, 0.1) is 0 Å². The third-order valence-electron chi connectivity index (χ3n) is 5.71. The summed E-state index contributed by atoms with van der Waals surface area (Å²) in [5.41, 5.74) is 1.49. The van der Waals surface area contributed by atoms with Gasteiger partial charge in [-0.1, -0.05) is 23.2 Å². The van der Waals surface area contributed by atoms with Crippen molar-refractivity contribution in [1.82, 2.24) is 24.7 Å². The maximum atomic E-state index is 6.17. The predicted octanol–water partition coefficient (Wildman–Crippen LogP) is 3.40. The average molecular weight is 433 g/mol. The molecule has 0 spiro atoms. The van der Waals surface area contributed by atoms with Crippen molar-refractivity contribution in [3.05, 3.63) is 40.4 Å². The molecule has 0 aliphatic carbocycles. The number of halogens is 2. The van der Waals surface area contributed by atoms with Crippen LogP contribution in [0.5, 0.6) is 0 Å². The lowest BCUT2D eigenvalue weighted by molar-refractivity contribution is 0.0321. The number of anilines is 1. The maximum absolute atomic E-state index is 6.17. The molecule has 29 heavy (non-hydrogen) atoms. The molecule has 0 radical (unpaired) electrons. The Morgan fingerprint density at radius 3 is 2.34 bits per heavy atom. The minimum Gasteiger partial charge on any atom is -0.381 e. The Labute approximate surface area is 179 Å². The lowest BCUT2D eigenvalue weighted by Gasteiger charge is -2.40. The van der Waals surface area contributed by atoms with Gasteiger partial charge in [0.15, 0.2) is 11.5 Å². The van der Waals surface area contributed by atoms with Crippen LogP contribution in [0.4, 0.5) is 5.82 Å². The van der Waals surface area contributed by atoms with Crippen molar-refractivity contribution in [1.29, 1.82) is 0 Å². The molecule has 0 amide bonds. The minimum absolute atomic E-state index is 0.560. The largest absolute Gasteiger partial charge is 0.381 e. The Hall–Kier alpha value is -1.93. The lowest BCUT2D eigenvalue weighted by Crippen LogP contribution is -2.51. The van der Waals surface area contributed by atoms with Crippen LogP contribution in [0.15, 0.2) is 30.3 Å². The Kier molecular flexibility index (Phi) is 5.30. The Morgan fingerprint density at radius 1 is 0.897 bits per heavy atom. The molecule has 152 valence electrons. The van der Waals surface area contributed by atoms with E-state index in [9.17, 15) is 0 Å². The standard InChI is InChI=1S/C20H22Cl2N6O/c21-15-11-14(12-16(22)13-15)20-24-23-18-1-2-19(25-28(18)20)27-7-5-26(6-8-27)17-3-9-29-10-4-17/h1-2,11-13,17H,3-10H2. The van der Waals surface area contributed by atoms with E-state index in [0.29, 0.717) is 27.6 Å². The third-order valence-corrected chi connectivity index (χ3v) is 6.15. The van der Waals surface area contributed by atoms with E-state index in [1.165, 1.54) is 0 Å². The van der Waals surface area contributed by atoms with Gasteiger partial charge in [-0.3, -0.25) is 4.90 Å². The maximum Gasteiger partial charge on any atom is 0.185 e. The van der Waals surface area contributed by atoms with E-state index < -0.39 is 0 Å². The van der Waals surface area contributed by atoms with Crippen molar-refractivity contribution < 1.29 is 4.74 Å². The molecule has 4 heterocycles. The topological polar surface area (TPSA) is 58.8 Å². The molecule has 0 N–H and O–H groups in total. The van der Waals surface area contributed by atoms with Crippen molar-refractivity contribution in [2.75, 3.05) is 44.3 Å². The number of hydrogen-bond acceptors (Lipinski definition) is 6. The van der Waals surface area contributed by atoms with Crippen LogP contribution in [-0.2, 0) is 4.74 Å². The van der Waals surface area contributed by atoms with E-state index in [4.69, 9.17) is 33.0 Å². The zero-order valence-electron chi connectivity index (χ0n) is 16.0. The molecule has 2 aliphatic rings. The van der Waals surface area contributed by atoms with Crippen LogP contribution in [0.3, 0.4) is 0 Å². The number of ether oxygens (including phenoxy) is 1. The Bertz CT molecular complexity index is 991. The van der Waals surface area contributed by atoms with E-state index in [2.05, 4.69) is 20.0 Å². The molecule has 0 saturated carbocycles. The van der Waals surface area contributed by atoms with Crippen molar-refractivity contribution >= 4 is 34.7 Å². The van der Waals surface area contributed by atoms with Crippen molar-refractivity contribution in [2.24, 2.45) is 0 Å². The summed E-state index contributed by atoms with van der Waals surface area (Å²) in [6.45, 7) is 5.76. The van der Waals surface area contributed by atoms with Crippen LogP contribution < -0.4 is 4.90 Å². The highest BCUT2D eigenvalue weighted by Crippen LogP contribution is 2.27. The molecule has 2 aliphatic heterocycles. The summed E-state index contributed by atoms with van der Waals surface area (Å²) in [4.78, 5) is 4.92. The van der Waals surface area contributed by atoms with Gasteiger partial charge in [0.1, 0.15) is 5.82 Å². The van der Waals surface area contributed by atoms with E-state index >= 15 is 0 Å². The summed E-state index contributed by atoms with van der Waals surface area (Å²) >= 11 is 12.3. The first-order chi connectivity index (χ1) is 14.2. The van der Waals surface area contributed by atoms with Gasteiger partial charge in [-0.25, -0.2) is 0 Å². The second-order valence-corrected chi connectivity index (χ2v) is 8.38. The molecule has 0 unspecified atom stereocenters. The first kappa shape index (κ1) is 19.1. The Morgan fingerprint density at radius 2 is 1.62 bits per heavy atom. The molecule has 3 aromatic rings. The molecule has 5 rings (SSSR count). The number of aromatic nitrogens is 4. The summed E-state index contributed by atoms with van der Waals surface area (Å²) in [6.07, 6.45) is 2.27. The summed E-state index contributed by atoms with van der Waals surface area (Å²) < 4.78 is 7.26. The highest BCUT2D eigenvalue weighted by molar-refractivity contribution is 6.35. The van der Waals surface area contributed by atoms with Crippen LogP contribution in [0.25, 0.3) is 17.0 Å². The number of benzene rings is 1. The number of piperazine rings is 1. The molecule has 2 saturated heterocycles. The van der Waals surface area contributed by atoms with Gasteiger partial charge >= 0.3 is 0 Å². The van der Waals surface area contributed by atoms with Gasteiger partial charge in [-0.15, -0.1) is 15.3 Å². The number of nitrogens with zero attached hydrogens (tertiary/aromatic N) is 6. The second kappa shape index (κ2) is 8.07. The minimum atomic E-state index is 0.560. The zero-order chi connectivity index (χ0) is 19.8. The zero-order valence-corrected chi connectivity index (χ0v) is 17.5. The van der Waals surface area contributed by atoms with Gasteiger partial charge in [0.25, 0.3) is 0 Å². The lowest BCUT2D eigenvalue weighted by atomic mass is 10.1. The molecular weight excluding hydrogens is 411 g/mol. The van der Waals surface area contributed by atoms with Crippen molar-refractivity contribution in [3.63, 3.8) is 0 Å². The van der Waals surface area contributed by atoms with Crippen LogP contribution >= 0.6 is 23.2 Å². The Balaban J connectivity index is 1.37. The highest BCUT2D eigenvalue weighted by atomic mass is 35.5. The van der Waals surface area contributed by atoms with Gasteiger partial charge in [0, 0.05) is 61.0 Å². The smallest absolute Gasteiger partial charge is 0.185 e. The fourth-order valence-electron chi connectivity index (χ4n) is 4.18. The normalized spacial score (nSPS) is 19.2. The molecule has 2 fully saturated rings. The van der Waals surface area contributed by atoms with Gasteiger partial charge in [-0.05, 0) is 43.2 Å². The molecule has 0 atom stereocenters. The van der Waals surface area contributed by atoms with E-state index in [1.54, 1.807) is 10.6 Å². The van der Waals surface area contributed by atoms with E-state index in [1.807, 2.05) is 24.3 Å². The van der Waals surface area contributed by atoms with E-state index in [0.717, 1.165) is 63.6 Å². The van der Waals surface area contributed by atoms with Crippen LogP contribution in [0.2, 0.25) is 10.0 Å². The molecule has 1 aromatic carbocycles. The highest BCUT2D eigenvalue weighted by Gasteiger charge is 2.26. The van der Waals surface area contributed by atoms with Crippen molar-refractivity contribution in [3.8, 4) is 11.4 Å².